The fourth-order valence-corrected chi connectivity index (χ4v) is 2.36. The first-order valence-electron chi connectivity index (χ1n) is 6.95. The molecule has 0 saturated heterocycles. The van der Waals surface area contributed by atoms with E-state index in [1.807, 2.05) is 0 Å². The highest BCUT2D eigenvalue weighted by molar-refractivity contribution is 6.64. The first-order chi connectivity index (χ1) is 8.57. The Morgan fingerprint density at radius 1 is 0.889 bits per heavy atom. The van der Waals surface area contributed by atoms with Crippen LogP contribution in [-0.2, 0) is 9.59 Å². The molecule has 0 heterocycles. The molecule has 0 aromatic heterocycles. The van der Waals surface area contributed by atoms with Crippen molar-refractivity contribution in [3.63, 3.8) is 0 Å². The smallest absolute Gasteiger partial charge is 0.224 e. The Kier molecular flexibility index (Phi) is 11.9. The zero-order valence-electron chi connectivity index (χ0n) is 11.2. The van der Waals surface area contributed by atoms with Gasteiger partial charge in [0.05, 0.1) is 0 Å². The van der Waals surface area contributed by atoms with E-state index in [0.29, 0.717) is 6.42 Å². The Morgan fingerprint density at radius 2 is 1.44 bits per heavy atom. The highest BCUT2D eigenvalue weighted by Gasteiger charge is 2.14. The second kappa shape index (κ2) is 12.0. The van der Waals surface area contributed by atoms with Crippen molar-refractivity contribution in [3.8, 4) is 0 Å². The molecule has 0 aliphatic rings. The van der Waals surface area contributed by atoms with Crippen molar-refractivity contribution < 1.29 is 9.59 Å². The number of carbonyl (C=O) groups is 2. The second-order valence-electron chi connectivity index (χ2n) is 4.80. The Balaban J connectivity index is 3.49. The molecule has 0 fully saturated rings. The molecule has 0 bridgehead atoms. The Bertz CT molecular complexity index is 242. The summed E-state index contributed by atoms with van der Waals surface area (Å²) < 4.78 is 0. The SMILES string of the molecule is CCCCC(CCCCCCCC(=O)Cl)C(=O)Cl. The zero-order chi connectivity index (χ0) is 13.8. The molecule has 0 amide bonds. The first kappa shape index (κ1) is 17.9. The molecule has 18 heavy (non-hydrogen) atoms. The van der Waals surface area contributed by atoms with E-state index in [9.17, 15) is 9.59 Å². The van der Waals surface area contributed by atoms with Gasteiger partial charge in [0.2, 0.25) is 10.5 Å². The third-order valence-electron chi connectivity index (χ3n) is 3.15. The van der Waals surface area contributed by atoms with Crippen LogP contribution in [0.4, 0.5) is 0 Å². The minimum atomic E-state index is -0.248. The maximum atomic E-state index is 11.2. The lowest BCUT2D eigenvalue weighted by Crippen LogP contribution is -2.08. The van der Waals surface area contributed by atoms with Crippen LogP contribution in [0, 0.1) is 5.92 Å². The van der Waals surface area contributed by atoms with Crippen LogP contribution in [0.25, 0.3) is 0 Å². The zero-order valence-corrected chi connectivity index (χ0v) is 12.7. The van der Waals surface area contributed by atoms with Crippen molar-refractivity contribution in [3.05, 3.63) is 0 Å². The molecule has 0 saturated carbocycles. The summed E-state index contributed by atoms with van der Waals surface area (Å²) in [4.78, 5) is 21.7. The fourth-order valence-electron chi connectivity index (χ4n) is 2.01. The van der Waals surface area contributed by atoms with E-state index < -0.39 is 0 Å². The highest BCUT2D eigenvalue weighted by atomic mass is 35.5. The third-order valence-corrected chi connectivity index (χ3v) is 3.65. The normalized spacial score (nSPS) is 12.4. The molecule has 106 valence electrons. The molecular weight excluding hydrogens is 271 g/mol. The minimum absolute atomic E-state index is 0.0380. The van der Waals surface area contributed by atoms with Gasteiger partial charge in [-0.3, -0.25) is 9.59 Å². The second-order valence-corrected chi connectivity index (χ2v) is 5.60. The van der Waals surface area contributed by atoms with Crippen molar-refractivity contribution in [1.29, 1.82) is 0 Å². The van der Waals surface area contributed by atoms with E-state index >= 15 is 0 Å². The van der Waals surface area contributed by atoms with Crippen LogP contribution in [0.2, 0.25) is 0 Å². The van der Waals surface area contributed by atoms with Crippen LogP contribution in [0.15, 0.2) is 0 Å². The van der Waals surface area contributed by atoms with Crippen molar-refractivity contribution >= 4 is 33.7 Å². The molecule has 1 atom stereocenters. The van der Waals surface area contributed by atoms with E-state index in [2.05, 4.69) is 6.92 Å². The predicted molar refractivity (Wildman–Crippen MR) is 77.1 cm³/mol. The van der Waals surface area contributed by atoms with Gasteiger partial charge in [-0.05, 0) is 42.5 Å². The molecular formula is C14H24Cl2O2. The summed E-state index contributed by atoms with van der Waals surface area (Å²) in [7, 11) is 0. The van der Waals surface area contributed by atoms with Crippen molar-refractivity contribution in [1.82, 2.24) is 0 Å². The van der Waals surface area contributed by atoms with Crippen LogP contribution in [0.5, 0.6) is 0 Å². The lowest BCUT2D eigenvalue weighted by Gasteiger charge is -2.11. The van der Waals surface area contributed by atoms with Crippen molar-refractivity contribution in [2.24, 2.45) is 5.92 Å². The summed E-state index contributed by atoms with van der Waals surface area (Å²) in [6, 6.07) is 0. The van der Waals surface area contributed by atoms with Crippen LogP contribution in [0.3, 0.4) is 0 Å². The number of rotatable bonds is 12. The van der Waals surface area contributed by atoms with E-state index in [-0.39, 0.29) is 16.4 Å². The van der Waals surface area contributed by atoms with E-state index in [0.717, 1.165) is 57.8 Å². The number of carbonyl (C=O) groups excluding carboxylic acids is 2. The molecule has 2 nitrogen and oxygen atoms in total. The topological polar surface area (TPSA) is 34.1 Å². The Morgan fingerprint density at radius 3 is 2.00 bits per heavy atom. The van der Waals surface area contributed by atoms with Gasteiger partial charge in [0, 0.05) is 12.3 Å². The Labute approximate surface area is 120 Å². The molecule has 0 spiro atoms. The van der Waals surface area contributed by atoms with Gasteiger partial charge in [-0.2, -0.15) is 0 Å². The van der Waals surface area contributed by atoms with Gasteiger partial charge in [0.1, 0.15) is 0 Å². The minimum Gasteiger partial charge on any atom is -0.281 e. The molecule has 4 heteroatoms. The maximum absolute atomic E-state index is 11.2. The quantitative estimate of drug-likeness (QED) is 0.373. The van der Waals surface area contributed by atoms with E-state index in [1.54, 1.807) is 0 Å². The Hall–Kier alpha value is -0.0800. The molecule has 0 rings (SSSR count). The van der Waals surface area contributed by atoms with Gasteiger partial charge in [-0.15, -0.1) is 0 Å². The monoisotopic (exact) mass is 294 g/mol. The van der Waals surface area contributed by atoms with Gasteiger partial charge < -0.3 is 0 Å². The van der Waals surface area contributed by atoms with Crippen LogP contribution >= 0.6 is 23.2 Å². The number of hydrogen-bond donors (Lipinski definition) is 0. The maximum Gasteiger partial charge on any atom is 0.224 e. The standard InChI is InChI=1S/C14H24Cl2O2/c1-2-3-9-12(14(16)18)10-7-5-4-6-8-11-13(15)17/h12H,2-11H2,1H3. The molecule has 0 aromatic rings. The average Bonchev–Trinajstić information content (AvgIpc) is 2.30. The van der Waals surface area contributed by atoms with E-state index in [4.69, 9.17) is 23.2 Å². The average molecular weight is 295 g/mol. The largest absolute Gasteiger partial charge is 0.281 e. The van der Waals surface area contributed by atoms with Gasteiger partial charge >= 0.3 is 0 Å². The van der Waals surface area contributed by atoms with Gasteiger partial charge in [-0.25, -0.2) is 0 Å². The van der Waals surface area contributed by atoms with Crippen LogP contribution in [0.1, 0.15) is 71.1 Å². The molecule has 0 aliphatic heterocycles. The summed E-state index contributed by atoms with van der Waals surface area (Å²) in [6.07, 6.45) is 9.61. The fraction of sp³-hybridized carbons (Fsp3) is 0.857. The lowest BCUT2D eigenvalue weighted by molar-refractivity contribution is -0.115. The third kappa shape index (κ3) is 11.0. The van der Waals surface area contributed by atoms with Crippen molar-refractivity contribution in [2.45, 2.75) is 71.1 Å². The molecule has 0 aliphatic carbocycles. The van der Waals surface area contributed by atoms with Gasteiger partial charge in [0.15, 0.2) is 0 Å². The van der Waals surface area contributed by atoms with Gasteiger partial charge in [-0.1, -0.05) is 45.4 Å². The number of hydrogen-bond acceptors (Lipinski definition) is 2. The highest BCUT2D eigenvalue weighted by Crippen LogP contribution is 2.20. The summed E-state index contributed by atoms with van der Waals surface area (Å²) in [6.45, 7) is 2.12. The number of halogens is 2. The first-order valence-corrected chi connectivity index (χ1v) is 7.71. The number of unbranched alkanes of at least 4 members (excludes halogenated alkanes) is 5. The van der Waals surface area contributed by atoms with Crippen molar-refractivity contribution in [2.75, 3.05) is 0 Å². The summed E-state index contributed by atoms with van der Waals surface area (Å²) in [5, 5.41) is -0.432. The van der Waals surface area contributed by atoms with Crippen LogP contribution in [-0.4, -0.2) is 10.5 Å². The summed E-state index contributed by atoms with van der Waals surface area (Å²) >= 11 is 10.8. The summed E-state index contributed by atoms with van der Waals surface area (Å²) in [5.41, 5.74) is 0. The predicted octanol–water partition coefficient (Wildman–Crippen LogP) is 5.05. The molecule has 0 N–H and O–H groups in total. The van der Waals surface area contributed by atoms with Gasteiger partial charge in [0.25, 0.3) is 0 Å². The summed E-state index contributed by atoms with van der Waals surface area (Å²) in [5.74, 6) is 0.0380. The molecule has 1 unspecified atom stereocenters. The van der Waals surface area contributed by atoms with Crippen LogP contribution < -0.4 is 0 Å². The lowest BCUT2D eigenvalue weighted by atomic mass is 9.96. The molecule has 0 radical (unpaired) electrons. The van der Waals surface area contributed by atoms with E-state index in [1.165, 1.54) is 0 Å². The molecule has 0 aromatic carbocycles.